The summed E-state index contributed by atoms with van der Waals surface area (Å²) in [6, 6.07) is 4.91. The molecule has 2 rings (SSSR count). The second kappa shape index (κ2) is 4.47. The number of rotatable bonds is 2. The van der Waals surface area contributed by atoms with Crippen molar-refractivity contribution in [3.05, 3.63) is 44.4 Å². The number of thiazole rings is 1. The summed E-state index contributed by atoms with van der Waals surface area (Å²) in [6.07, 6.45) is 0. The molecule has 0 bridgehead atoms. The van der Waals surface area contributed by atoms with Crippen molar-refractivity contribution >= 4 is 34.4 Å². The molecule has 0 atom stereocenters. The molecule has 2 N–H and O–H groups in total. The van der Waals surface area contributed by atoms with Crippen LogP contribution in [0.3, 0.4) is 0 Å². The molecule has 88 valence electrons. The van der Waals surface area contributed by atoms with Crippen LogP contribution in [0, 0.1) is 13.8 Å². The van der Waals surface area contributed by atoms with Gasteiger partial charge < -0.3 is 5.73 Å². The molecule has 3 nitrogen and oxygen atoms in total. The Hall–Kier alpha value is -1.39. The maximum absolute atomic E-state index is 12.2. The summed E-state index contributed by atoms with van der Waals surface area (Å²) in [7, 11) is 0. The number of halogens is 1. The summed E-state index contributed by atoms with van der Waals surface area (Å²) in [4.78, 5) is 17.1. The zero-order valence-corrected chi connectivity index (χ0v) is 11.0. The summed E-state index contributed by atoms with van der Waals surface area (Å²) in [5.41, 5.74) is 7.37. The SMILES string of the molecule is Cc1nc(C)c(C(=O)c2ccc(N)c(Cl)c2)s1. The Morgan fingerprint density at radius 1 is 1.41 bits per heavy atom. The van der Waals surface area contributed by atoms with Gasteiger partial charge in [0, 0.05) is 5.56 Å². The van der Waals surface area contributed by atoms with Gasteiger partial charge in [-0.25, -0.2) is 4.98 Å². The fourth-order valence-electron chi connectivity index (χ4n) is 1.54. The minimum Gasteiger partial charge on any atom is -0.398 e. The van der Waals surface area contributed by atoms with Crippen molar-refractivity contribution in [2.45, 2.75) is 13.8 Å². The average Bonchev–Trinajstić information content (AvgIpc) is 2.61. The summed E-state index contributed by atoms with van der Waals surface area (Å²) >= 11 is 7.29. The molecule has 0 spiro atoms. The lowest BCUT2D eigenvalue weighted by Gasteiger charge is -2.02. The quantitative estimate of drug-likeness (QED) is 0.671. The van der Waals surface area contributed by atoms with Crippen LogP contribution in [0.2, 0.25) is 5.02 Å². The number of ketones is 1. The molecule has 0 saturated heterocycles. The molecule has 1 heterocycles. The highest BCUT2D eigenvalue weighted by atomic mass is 35.5. The molecule has 0 fully saturated rings. The minimum absolute atomic E-state index is 0.0602. The van der Waals surface area contributed by atoms with Crippen LogP contribution in [0.5, 0.6) is 0 Å². The van der Waals surface area contributed by atoms with Crippen molar-refractivity contribution in [2.75, 3.05) is 5.73 Å². The fraction of sp³-hybridized carbons (Fsp3) is 0.167. The third-order valence-electron chi connectivity index (χ3n) is 2.37. The number of aromatic nitrogens is 1. The summed E-state index contributed by atoms with van der Waals surface area (Å²) in [6.45, 7) is 3.71. The van der Waals surface area contributed by atoms with Gasteiger partial charge in [0.05, 0.1) is 26.3 Å². The molecule has 0 amide bonds. The second-order valence-corrected chi connectivity index (χ2v) is 5.32. The largest absolute Gasteiger partial charge is 0.398 e. The van der Waals surface area contributed by atoms with Crippen molar-refractivity contribution in [1.29, 1.82) is 0 Å². The van der Waals surface area contributed by atoms with Gasteiger partial charge in [-0.2, -0.15) is 0 Å². The van der Waals surface area contributed by atoms with Crippen molar-refractivity contribution in [3.63, 3.8) is 0 Å². The Balaban J connectivity index is 2.44. The average molecular weight is 267 g/mol. The number of benzene rings is 1. The molecular weight excluding hydrogens is 256 g/mol. The van der Waals surface area contributed by atoms with Crippen LogP contribution in [0.15, 0.2) is 18.2 Å². The van der Waals surface area contributed by atoms with Crippen LogP contribution in [-0.4, -0.2) is 10.8 Å². The van der Waals surface area contributed by atoms with Gasteiger partial charge in [0.1, 0.15) is 0 Å². The number of carbonyl (C=O) groups excluding carboxylic acids is 1. The van der Waals surface area contributed by atoms with Crippen LogP contribution in [0.25, 0.3) is 0 Å². The number of nitrogens with zero attached hydrogens (tertiary/aromatic N) is 1. The van der Waals surface area contributed by atoms with Gasteiger partial charge >= 0.3 is 0 Å². The van der Waals surface area contributed by atoms with E-state index in [0.717, 1.165) is 10.7 Å². The molecule has 1 aromatic carbocycles. The molecule has 5 heteroatoms. The highest BCUT2D eigenvalue weighted by Gasteiger charge is 2.16. The van der Waals surface area contributed by atoms with Gasteiger partial charge in [-0.15, -0.1) is 11.3 Å². The Kier molecular flexibility index (Phi) is 3.17. The van der Waals surface area contributed by atoms with Gasteiger partial charge in [0.15, 0.2) is 0 Å². The lowest BCUT2D eigenvalue weighted by atomic mass is 10.1. The third-order valence-corrected chi connectivity index (χ3v) is 3.77. The van der Waals surface area contributed by atoms with Crippen LogP contribution < -0.4 is 5.73 Å². The summed E-state index contributed by atoms with van der Waals surface area (Å²) in [5, 5.41) is 1.28. The van der Waals surface area contributed by atoms with Gasteiger partial charge in [0.25, 0.3) is 0 Å². The highest BCUT2D eigenvalue weighted by molar-refractivity contribution is 7.14. The first-order chi connectivity index (χ1) is 7.99. The predicted molar refractivity (Wildman–Crippen MR) is 70.9 cm³/mol. The monoisotopic (exact) mass is 266 g/mol. The van der Waals surface area contributed by atoms with Crippen molar-refractivity contribution in [3.8, 4) is 0 Å². The van der Waals surface area contributed by atoms with E-state index in [4.69, 9.17) is 17.3 Å². The van der Waals surface area contributed by atoms with E-state index in [0.29, 0.717) is 21.2 Å². The maximum Gasteiger partial charge on any atom is 0.204 e. The molecule has 17 heavy (non-hydrogen) atoms. The number of aryl methyl sites for hydroxylation is 2. The first kappa shape index (κ1) is 12.1. The fourth-order valence-corrected chi connectivity index (χ4v) is 2.60. The molecule has 0 radical (unpaired) electrons. The van der Waals surface area contributed by atoms with Crippen molar-refractivity contribution < 1.29 is 4.79 Å². The number of hydrogen-bond acceptors (Lipinski definition) is 4. The normalized spacial score (nSPS) is 10.5. The van der Waals surface area contributed by atoms with E-state index in [1.54, 1.807) is 18.2 Å². The van der Waals surface area contributed by atoms with Crippen LogP contribution >= 0.6 is 22.9 Å². The Morgan fingerprint density at radius 2 is 2.12 bits per heavy atom. The number of hydrogen-bond donors (Lipinski definition) is 1. The second-order valence-electron chi connectivity index (χ2n) is 3.71. The molecule has 0 aliphatic carbocycles. The number of nitrogens with two attached hydrogens (primary N) is 1. The maximum atomic E-state index is 12.2. The van der Waals surface area contributed by atoms with Gasteiger partial charge in [0.2, 0.25) is 5.78 Å². The molecule has 0 aliphatic heterocycles. The van der Waals surface area contributed by atoms with Gasteiger partial charge in [-0.1, -0.05) is 11.6 Å². The Bertz CT molecular complexity index is 592. The first-order valence-electron chi connectivity index (χ1n) is 5.03. The predicted octanol–water partition coefficient (Wildman–Crippen LogP) is 3.23. The summed E-state index contributed by atoms with van der Waals surface area (Å²) < 4.78 is 0. The van der Waals surface area contributed by atoms with Crippen LogP contribution in [0.1, 0.15) is 25.9 Å². The molecule has 0 unspecified atom stereocenters. The van der Waals surface area contributed by atoms with Crippen molar-refractivity contribution in [1.82, 2.24) is 4.98 Å². The van der Waals surface area contributed by atoms with Crippen LogP contribution in [0.4, 0.5) is 5.69 Å². The van der Waals surface area contributed by atoms with Crippen LogP contribution in [-0.2, 0) is 0 Å². The third kappa shape index (κ3) is 2.33. The number of carbonyl (C=O) groups is 1. The van der Waals surface area contributed by atoms with E-state index in [-0.39, 0.29) is 5.78 Å². The van der Waals surface area contributed by atoms with E-state index >= 15 is 0 Å². The van der Waals surface area contributed by atoms with E-state index < -0.39 is 0 Å². The molecule has 0 aliphatic rings. The first-order valence-corrected chi connectivity index (χ1v) is 6.22. The van der Waals surface area contributed by atoms with Gasteiger partial charge in [-0.05, 0) is 32.0 Å². The van der Waals surface area contributed by atoms with Gasteiger partial charge in [-0.3, -0.25) is 4.79 Å². The number of anilines is 1. The zero-order chi connectivity index (χ0) is 12.6. The minimum atomic E-state index is -0.0602. The molecule has 2 aromatic rings. The van der Waals surface area contributed by atoms with E-state index in [9.17, 15) is 4.79 Å². The zero-order valence-electron chi connectivity index (χ0n) is 9.45. The molecule has 0 saturated carbocycles. The lowest BCUT2D eigenvalue weighted by Crippen LogP contribution is -2.01. The smallest absolute Gasteiger partial charge is 0.204 e. The Labute approximate surface area is 108 Å². The Morgan fingerprint density at radius 3 is 2.65 bits per heavy atom. The molecular formula is C12H11ClN2OS. The number of nitrogen functional groups attached to an aromatic ring is 1. The van der Waals surface area contributed by atoms with E-state index in [1.807, 2.05) is 13.8 Å². The standard InChI is InChI=1S/C12H11ClN2OS/c1-6-12(17-7(2)15-6)11(16)8-3-4-10(14)9(13)5-8/h3-5H,14H2,1-2H3. The van der Waals surface area contributed by atoms with E-state index in [2.05, 4.69) is 4.98 Å². The topological polar surface area (TPSA) is 56.0 Å². The van der Waals surface area contributed by atoms with Crippen molar-refractivity contribution in [2.24, 2.45) is 0 Å². The highest BCUT2D eigenvalue weighted by Crippen LogP contribution is 2.25. The van der Waals surface area contributed by atoms with E-state index in [1.165, 1.54) is 11.3 Å². The molecule has 1 aromatic heterocycles. The summed E-state index contributed by atoms with van der Waals surface area (Å²) in [5.74, 6) is -0.0602. The lowest BCUT2D eigenvalue weighted by molar-refractivity contribution is 0.104.